The van der Waals surface area contributed by atoms with E-state index in [4.69, 9.17) is 4.74 Å². The standard InChI is InChI=1S/C19H19N3O.H2/c1-4-5-6-15-10-21-17-8-7-14(9-16(15)17)18-11-20-12-19(22-18)23-13(2)3;/h4-13,21H,1H2,2-3H3;1H/b6-5+;. The molecule has 4 heteroatoms. The first-order valence-corrected chi connectivity index (χ1v) is 7.56. The number of benzene rings is 1. The van der Waals surface area contributed by atoms with Crippen LogP contribution in [-0.4, -0.2) is 21.1 Å². The second-order valence-electron chi connectivity index (χ2n) is 5.51. The normalized spacial score (nSPS) is 11.4. The molecule has 1 aromatic carbocycles. The van der Waals surface area contributed by atoms with Gasteiger partial charge in [-0.1, -0.05) is 30.9 Å². The second kappa shape index (κ2) is 6.48. The Labute approximate surface area is 137 Å². The molecular weight excluding hydrogens is 286 g/mol. The third kappa shape index (κ3) is 3.31. The zero-order valence-electron chi connectivity index (χ0n) is 13.3. The summed E-state index contributed by atoms with van der Waals surface area (Å²) in [6.07, 6.45) is 11.2. The van der Waals surface area contributed by atoms with E-state index in [1.807, 2.05) is 44.3 Å². The number of H-pyrrole nitrogens is 1. The molecule has 1 N–H and O–H groups in total. The van der Waals surface area contributed by atoms with Crippen molar-refractivity contribution in [1.29, 1.82) is 0 Å². The number of hydrogen-bond donors (Lipinski definition) is 1. The highest BCUT2D eigenvalue weighted by Crippen LogP contribution is 2.26. The molecule has 0 unspecified atom stereocenters. The number of aromatic nitrogens is 3. The van der Waals surface area contributed by atoms with E-state index in [9.17, 15) is 0 Å². The Morgan fingerprint density at radius 3 is 2.96 bits per heavy atom. The molecule has 0 aliphatic rings. The number of ether oxygens (including phenoxy) is 1. The van der Waals surface area contributed by atoms with Gasteiger partial charge in [0.2, 0.25) is 5.88 Å². The molecule has 0 saturated heterocycles. The molecule has 2 heterocycles. The molecule has 0 spiro atoms. The fourth-order valence-electron chi connectivity index (χ4n) is 2.40. The first-order chi connectivity index (χ1) is 11.2. The maximum Gasteiger partial charge on any atom is 0.233 e. The van der Waals surface area contributed by atoms with E-state index < -0.39 is 0 Å². The molecule has 2 aromatic heterocycles. The van der Waals surface area contributed by atoms with Crippen molar-refractivity contribution >= 4 is 17.0 Å². The third-order valence-electron chi connectivity index (χ3n) is 3.39. The van der Waals surface area contributed by atoms with Crippen molar-refractivity contribution < 1.29 is 6.16 Å². The van der Waals surface area contributed by atoms with Gasteiger partial charge in [-0.2, -0.15) is 0 Å². The first-order valence-electron chi connectivity index (χ1n) is 7.56. The Morgan fingerprint density at radius 1 is 1.30 bits per heavy atom. The van der Waals surface area contributed by atoms with Gasteiger partial charge in [-0.3, -0.25) is 4.98 Å². The van der Waals surface area contributed by atoms with Crippen LogP contribution in [0.4, 0.5) is 0 Å². The van der Waals surface area contributed by atoms with Crippen molar-refractivity contribution in [1.82, 2.24) is 15.0 Å². The Morgan fingerprint density at radius 2 is 2.17 bits per heavy atom. The van der Waals surface area contributed by atoms with Gasteiger partial charge in [-0.15, -0.1) is 0 Å². The molecule has 0 amide bonds. The predicted molar refractivity (Wildman–Crippen MR) is 96.4 cm³/mol. The van der Waals surface area contributed by atoms with Gasteiger partial charge in [-0.25, -0.2) is 4.98 Å². The number of rotatable bonds is 5. The van der Waals surface area contributed by atoms with Crippen LogP contribution >= 0.6 is 0 Å². The summed E-state index contributed by atoms with van der Waals surface area (Å²) in [5.74, 6) is 0.540. The molecule has 0 fully saturated rings. The first kappa shape index (κ1) is 15.0. The predicted octanol–water partition coefficient (Wildman–Crippen LogP) is 4.86. The van der Waals surface area contributed by atoms with Crippen molar-refractivity contribution in [2.75, 3.05) is 0 Å². The van der Waals surface area contributed by atoms with Crippen LogP contribution in [0.2, 0.25) is 0 Å². The topological polar surface area (TPSA) is 50.8 Å². The van der Waals surface area contributed by atoms with E-state index in [1.165, 1.54) is 0 Å². The zero-order valence-corrected chi connectivity index (χ0v) is 13.3. The van der Waals surface area contributed by atoms with Crippen LogP contribution in [0.1, 0.15) is 20.8 Å². The number of hydrogen-bond acceptors (Lipinski definition) is 3. The molecule has 0 bridgehead atoms. The van der Waals surface area contributed by atoms with Crippen LogP contribution in [0.25, 0.3) is 28.2 Å². The van der Waals surface area contributed by atoms with E-state index in [1.54, 1.807) is 18.5 Å². The van der Waals surface area contributed by atoms with Gasteiger partial charge in [0, 0.05) is 24.1 Å². The molecule has 0 radical (unpaired) electrons. The third-order valence-corrected chi connectivity index (χ3v) is 3.39. The summed E-state index contributed by atoms with van der Waals surface area (Å²) in [5, 5.41) is 1.14. The molecule has 0 atom stereocenters. The summed E-state index contributed by atoms with van der Waals surface area (Å²) in [7, 11) is 0. The number of allylic oxidation sites excluding steroid dienone is 2. The van der Waals surface area contributed by atoms with Gasteiger partial charge >= 0.3 is 0 Å². The van der Waals surface area contributed by atoms with E-state index in [-0.39, 0.29) is 7.53 Å². The van der Waals surface area contributed by atoms with Gasteiger partial charge < -0.3 is 9.72 Å². The molecule has 0 saturated carbocycles. The van der Waals surface area contributed by atoms with Crippen molar-refractivity contribution in [3.63, 3.8) is 0 Å². The maximum atomic E-state index is 5.62. The van der Waals surface area contributed by atoms with Gasteiger partial charge in [-0.05, 0) is 31.5 Å². The van der Waals surface area contributed by atoms with Crippen molar-refractivity contribution in [2.24, 2.45) is 0 Å². The second-order valence-corrected chi connectivity index (χ2v) is 5.51. The molecule has 4 nitrogen and oxygen atoms in total. The molecule has 0 aliphatic heterocycles. The van der Waals surface area contributed by atoms with Gasteiger partial charge in [0.05, 0.1) is 24.2 Å². The van der Waals surface area contributed by atoms with Crippen molar-refractivity contribution in [2.45, 2.75) is 20.0 Å². The smallest absolute Gasteiger partial charge is 0.233 e. The lowest BCUT2D eigenvalue weighted by molar-refractivity contribution is 0.232. The van der Waals surface area contributed by atoms with Crippen molar-refractivity contribution in [3.8, 4) is 17.1 Å². The van der Waals surface area contributed by atoms with Crippen LogP contribution in [-0.2, 0) is 0 Å². The van der Waals surface area contributed by atoms with Gasteiger partial charge in [0.25, 0.3) is 0 Å². The Balaban J connectivity index is 0.00000208. The Kier molecular flexibility index (Phi) is 4.24. The molecule has 0 aliphatic carbocycles. The Bertz CT molecular complexity index is 868. The fraction of sp³-hybridized carbons (Fsp3) is 0.158. The Hall–Kier alpha value is -2.88. The average molecular weight is 307 g/mol. The highest BCUT2D eigenvalue weighted by molar-refractivity contribution is 5.92. The quantitative estimate of drug-likeness (QED) is 0.685. The summed E-state index contributed by atoms with van der Waals surface area (Å²) in [6, 6.07) is 6.19. The molecular formula is C19H21N3O. The van der Waals surface area contributed by atoms with Gasteiger partial charge in [0.1, 0.15) is 0 Å². The van der Waals surface area contributed by atoms with Crippen molar-refractivity contribution in [3.05, 3.63) is 61.1 Å². The molecule has 3 rings (SSSR count). The summed E-state index contributed by atoms with van der Waals surface area (Å²) in [5.41, 5.74) is 4.00. The van der Waals surface area contributed by atoms with Crippen LogP contribution in [0.5, 0.6) is 5.88 Å². The summed E-state index contributed by atoms with van der Waals surface area (Å²) < 4.78 is 5.62. The van der Waals surface area contributed by atoms with Crippen LogP contribution in [0, 0.1) is 0 Å². The summed E-state index contributed by atoms with van der Waals surface area (Å²) in [6.45, 7) is 7.65. The number of aromatic amines is 1. The lowest BCUT2D eigenvalue weighted by atomic mass is 10.1. The zero-order chi connectivity index (χ0) is 16.2. The molecule has 23 heavy (non-hydrogen) atoms. The largest absolute Gasteiger partial charge is 0.474 e. The van der Waals surface area contributed by atoms with Gasteiger partial charge in [0.15, 0.2) is 0 Å². The number of nitrogens with zero attached hydrogens (tertiary/aromatic N) is 2. The summed E-state index contributed by atoms with van der Waals surface area (Å²) in [4.78, 5) is 12.0. The number of nitrogens with one attached hydrogen (secondary N) is 1. The van der Waals surface area contributed by atoms with Crippen LogP contribution in [0.15, 0.2) is 55.5 Å². The lowest BCUT2D eigenvalue weighted by Gasteiger charge is -2.09. The maximum absolute atomic E-state index is 5.62. The highest BCUT2D eigenvalue weighted by Gasteiger charge is 2.07. The monoisotopic (exact) mass is 307 g/mol. The average Bonchev–Trinajstić information content (AvgIpc) is 2.95. The van der Waals surface area contributed by atoms with E-state index in [2.05, 4.69) is 27.6 Å². The minimum absolute atomic E-state index is 0. The molecule has 118 valence electrons. The number of fused-ring (bicyclic) bond motifs is 1. The van der Waals surface area contributed by atoms with Crippen LogP contribution in [0.3, 0.4) is 0 Å². The van der Waals surface area contributed by atoms with E-state index in [0.717, 1.165) is 27.7 Å². The minimum Gasteiger partial charge on any atom is -0.474 e. The SMILES string of the molecule is C=C/C=C/c1c[nH]c2ccc(-c3cncc(OC(C)C)n3)cc12.[HH]. The fourth-order valence-corrected chi connectivity index (χ4v) is 2.40. The highest BCUT2D eigenvalue weighted by atomic mass is 16.5. The lowest BCUT2D eigenvalue weighted by Crippen LogP contribution is -2.07. The van der Waals surface area contributed by atoms with E-state index in [0.29, 0.717) is 5.88 Å². The summed E-state index contributed by atoms with van der Waals surface area (Å²) >= 11 is 0. The van der Waals surface area contributed by atoms with E-state index >= 15 is 0 Å². The molecule has 3 aromatic rings. The minimum atomic E-state index is 0. The van der Waals surface area contributed by atoms with Crippen LogP contribution < -0.4 is 4.74 Å².